The summed E-state index contributed by atoms with van der Waals surface area (Å²) in [5.41, 5.74) is 0. The summed E-state index contributed by atoms with van der Waals surface area (Å²) in [6, 6.07) is -0.823. The minimum Gasteiger partial charge on any atom is -0.394 e. The minimum atomic E-state index is -1.16. The maximum Gasteiger partial charge on any atom is 0.220 e. The largest absolute Gasteiger partial charge is 0.394 e. The van der Waals surface area contributed by atoms with E-state index in [-0.39, 0.29) is 12.5 Å². The van der Waals surface area contributed by atoms with Crippen LogP contribution < -0.4 is 5.32 Å². The number of nitrogens with one attached hydrogen (secondary N) is 1. The Labute approximate surface area is 210 Å². The summed E-state index contributed by atoms with van der Waals surface area (Å²) in [6.07, 6.45) is 25.5. The zero-order chi connectivity index (χ0) is 25.3. The average molecular weight is 482 g/mol. The Morgan fingerprint density at radius 2 is 1.21 bits per heavy atom. The van der Waals surface area contributed by atoms with Crippen molar-refractivity contribution in [3.05, 3.63) is 24.3 Å². The van der Waals surface area contributed by atoms with E-state index in [1.807, 2.05) is 0 Å². The van der Waals surface area contributed by atoms with E-state index in [9.17, 15) is 20.1 Å². The molecule has 0 fully saturated rings. The van der Waals surface area contributed by atoms with Gasteiger partial charge in [0.2, 0.25) is 5.91 Å². The van der Waals surface area contributed by atoms with E-state index in [0.29, 0.717) is 12.8 Å². The Bertz CT molecular complexity index is 506. The predicted octanol–water partition coefficient (Wildman–Crippen LogP) is 6.36. The van der Waals surface area contributed by atoms with Crippen LogP contribution in [0.15, 0.2) is 24.3 Å². The number of unbranched alkanes of at least 4 members (excludes halogenated alkanes) is 12. The summed E-state index contributed by atoms with van der Waals surface area (Å²) in [4.78, 5) is 12.2. The van der Waals surface area contributed by atoms with Gasteiger partial charge in [0.05, 0.1) is 18.8 Å². The lowest BCUT2D eigenvalue weighted by Crippen LogP contribution is -2.50. The molecule has 0 bridgehead atoms. The van der Waals surface area contributed by atoms with Crippen molar-refractivity contribution in [2.75, 3.05) is 6.61 Å². The smallest absolute Gasteiger partial charge is 0.220 e. The van der Waals surface area contributed by atoms with Crippen molar-refractivity contribution in [2.24, 2.45) is 0 Å². The van der Waals surface area contributed by atoms with E-state index in [4.69, 9.17) is 0 Å². The van der Waals surface area contributed by atoms with Gasteiger partial charge in [0.15, 0.2) is 0 Å². The fraction of sp³-hybridized carbons (Fsp3) is 0.828. The van der Waals surface area contributed by atoms with E-state index in [2.05, 4.69) is 43.5 Å². The molecule has 0 spiro atoms. The molecule has 0 radical (unpaired) electrons. The van der Waals surface area contributed by atoms with Crippen LogP contribution in [-0.2, 0) is 4.79 Å². The third-order valence-corrected chi connectivity index (χ3v) is 6.28. The van der Waals surface area contributed by atoms with Gasteiger partial charge in [0.25, 0.3) is 0 Å². The lowest BCUT2D eigenvalue weighted by Gasteiger charge is -2.26. The predicted molar refractivity (Wildman–Crippen MR) is 144 cm³/mol. The van der Waals surface area contributed by atoms with Gasteiger partial charge in [-0.15, -0.1) is 0 Å². The van der Waals surface area contributed by atoms with E-state index >= 15 is 0 Å². The first-order valence-electron chi connectivity index (χ1n) is 14.1. The zero-order valence-electron chi connectivity index (χ0n) is 22.2. The monoisotopic (exact) mass is 481 g/mol. The number of allylic oxidation sites excluding steroid dienone is 4. The van der Waals surface area contributed by atoms with Gasteiger partial charge in [-0.3, -0.25) is 4.79 Å². The maximum atomic E-state index is 12.2. The molecule has 0 aliphatic rings. The van der Waals surface area contributed by atoms with Gasteiger partial charge in [-0.1, -0.05) is 89.5 Å². The molecule has 0 saturated carbocycles. The Balaban J connectivity index is 3.88. The molecular formula is C29H55NO4. The van der Waals surface area contributed by atoms with Crippen molar-refractivity contribution in [3.63, 3.8) is 0 Å². The van der Waals surface area contributed by atoms with Crippen LogP contribution in [-0.4, -0.2) is 46.1 Å². The Kier molecular flexibility index (Phi) is 24.1. The molecular weight excluding hydrogens is 426 g/mol. The van der Waals surface area contributed by atoms with Gasteiger partial charge in [-0.05, 0) is 57.8 Å². The lowest BCUT2D eigenvalue weighted by atomic mass is 10.0. The first kappa shape index (κ1) is 32.8. The molecule has 0 rings (SSSR count). The molecule has 0 aliphatic heterocycles. The summed E-state index contributed by atoms with van der Waals surface area (Å²) in [5, 5.41) is 32.9. The minimum absolute atomic E-state index is 0.171. The lowest BCUT2D eigenvalue weighted by molar-refractivity contribution is -0.124. The Morgan fingerprint density at radius 1 is 0.706 bits per heavy atom. The highest BCUT2D eigenvalue weighted by atomic mass is 16.3. The molecule has 0 heterocycles. The second-order valence-electron chi connectivity index (χ2n) is 9.59. The molecule has 200 valence electrons. The van der Waals surface area contributed by atoms with Crippen molar-refractivity contribution in [3.8, 4) is 0 Å². The molecule has 4 N–H and O–H groups in total. The van der Waals surface area contributed by atoms with Crippen LogP contribution in [0.25, 0.3) is 0 Å². The number of carbonyl (C=O) groups excluding carboxylic acids is 1. The molecule has 34 heavy (non-hydrogen) atoms. The van der Waals surface area contributed by atoms with Gasteiger partial charge < -0.3 is 20.6 Å². The molecule has 0 saturated heterocycles. The topological polar surface area (TPSA) is 89.8 Å². The molecule has 1 amide bonds. The van der Waals surface area contributed by atoms with Gasteiger partial charge >= 0.3 is 0 Å². The second kappa shape index (κ2) is 24.9. The van der Waals surface area contributed by atoms with Crippen molar-refractivity contribution in [1.29, 1.82) is 0 Å². The summed E-state index contributed by atoms with van der Waals surface area (Å²) in [6.45, 7) is 4.04. The highest BCUT2D eigenvalue weighted by molar-refractivity contribution is 5.76. The van der Waals surface area contributed by atoms with Crippen LogP contribution in [0.5, 0.6) is 0 Å². The van der Waals surface area contributed by atoms with Crippen molar-refractivity contribution in [2.45, 2.75) is 148 Å². The van der Waals surface area contributed by atoms with E-state index in [1.165, 1.54) is 57.8 Å². The van der Waals surface area contributed by atoms with E-state index in [0.717, 1.165) is 44.9 Å². The van der Waals surface area contributed by atoms with Crippen molar-refractivity contribution < 1.29 is 20.1 Å². The number of aliphatic hydroxyl groups excluding tert-OH is 3. The fourth-order valence-electron chi connectivity index (χ4n) is 3.96. The maximum absolute atomic E-state index is 12.2. The molecule has 5 nitrogen and oxygen atoms in total. The summed E-state index contributed by atoms with van der Waals surface area (Å²) < 4.78 is 0. The third kappa shape index (κ3) is 20.2. The number of aliphatic hydroxyl groups is 3. The normalized spacial score (nSPS) is 14.6. The second-order valence-corrected chi connectivity index (χ2v) is 9.59. The number of rotatable bonds is 24. The fourth-order valence-corrected chi connectivity index (χ4v) is 3.96. The van der Waals surface area contributed by atoms with Crippen LogP contribution in [0.3, 0.4) is 0 Å². The molecule has 0 aliphatic carbocycles. The molecule has 0 aromatic carbocycles. The molecule has 0 aromatic rings. The summed E-state index contributed by atoms with van der Waals surface area (Å²) >= 11 is 0. The van der Waals surface area contributed by atoms with Crippen LogP contribution >= 0.6 is 0 Å². The zero-order valence-corrected chi connectivity index (χ0v) is 22.2. The van der Waals surface area contributed by atoms with Crippen LogP contribution in [0.2, 0.25) is 0 Å². The summed E-state index contributed by atoms with van der Waals surface area (Å²) in [7, 11) is 0. The first-order valence-corrected chi connectivity index (χ1v) is 14.1. The summed E-state index contributed by atoms with van der Waals surface area (Å²) in [5.74, 6) is -0.171. The number of hydrogen-bond donors (Lipinski definition) is 4. The van der Waals surface area contributed by atoms with Gasteiger partial charge in [-0.2, -0.15) is 0 Å². The Hall–Kier alpha value is -1.17. The number of hydrogen-bond acceptors (Lipinski definition) is 4. The highest BCUT2D eigenvalue weighted by Crippen LogP contribution is 2.12. The SMILES string of the molecule is CCCC/C=C\CCCCCCCC(=O)NC(CO)C(O)C(O)CCC/C=C/CCCCCC. The number of amides is 1. The Morgan fingerprint density at radius 3 is 1.79 bits per heavy atom. The molecule has 3 unspecified atom stereocenters. The van der Waals surface area contributed by atoms with Crippen LogP contribution in [0.4, 0.5) is 0 Å². The van der Waals surface area contributed by atoms with Gasteiger partial charge in [0, 0.05) is 6.42 Å². The van der Waals surface area contributed by atoms with Crippen LogP contribution in [0.1, 0.15) is 129 Å². The number of carbonyl (C=O) groups is 1. The standard InChI is InChI=1S/C29H55NO4/c1-3-5-7-9-11-13-14-16-18-20-22-24-28(33)30-26(25-31)29(34)27(32)23-21-19-17-15-12-10-8-6-4-2/h9,11,15,17,26-27,29,31-32,34H,3-8,10,12-14,16,18-25H2,1-2H3,(H,30,33)/b11-9-,17-15+. The first-order chi connectivity index (χ1) is 16.6. The van der Waals surface area contributed by atoms with E-state index in [1.54, 1.807) is 0 Å². The van der Waals surface area contributed by atoms with Gasteiger partial charge in [-0.25, -0.2) is 0 Å². The quantitative estimate of drug-likeness (QED) is 0.0954. The molecule has 3 atom stereocenters. The highest BCUT2D eigenvalue weighted by Gasteiger charge is 2.26. The average Bonchev–Trinajstić information content (AvgIpc) is 2.84. The molecule has 5 heteroatoms. The molecule has 0 aromatic heterocycles. The van der Waals surface area contributed by atoms with E-state index < -0.39 is 18.2 Å². The van der Waals surface area contributed by atoms with Gasteiger partial charge in [0.1, 0.15) is 6.10 Å². The van der Waals surface area contributed by atoms with Crippen molar-refractivity contribution in [1.82, 2.24) is 5.32 Å². The third-order valence-electron chi connectivity index (χ3n) is 6.28. The van der Waals surface area contributed by atoms with Crippen LogP contribution in [0, 0.1) is 0 Å². The van der Waals surface area contributed by atoms with Crippen molar-refractivity contribution >= 4 is 5.91 Å².